The fraction of sp³-hybridized carbons (Fsp3) is 0.458. The Bertz CT molecular complexity index is 834. The maximum atomic E-state index is 12.9. The number of aromatic nitrogens is 1. The van der Waals surface area contributed by atoms with E-state index in [1.165, 1.54) is 5.69 Å². The zero-order chi connectivity index (χ0) is 22.1. The second-order valence-electron chi connectivity index (χ2n) is 7.73. The Morgan fingerprint density at radius 2 is 1.77 bits per heavy atom. The molecule has 1 saturated heterocycles. The molecule has 0 radical (unpaired) electrons. The fourth-order valence-corrected chi connectivity index (χ4v) is 3.64. The number of nitrogens with zero attached hydrogens (tertiary/aromatic N) is 3. The van der Waals surface area contributed by atoms with Gasteiger partial charge in [-0.2, -0.15) is 0 Å². The van der Waals surface area contributed by atoms with Gasteiger partial charge < -0.3 is 19.3 Å². The topological polar surface area (TPSA) is 72.0 Å². The number of pyridine rings is 1. The van der Waals surface area contributed by atoms with E-state index in [2.05, 4.69) is 9.88 Å². The molecule has 0 atom stereocenters. The van der Waals surface area contributed by atoms with Gasteiger partial charge in [-0.25, -0.2) is 4.79 Å². The standard InChI is InChI=1S/C24H31N3O4/c1-3-4-17-30-23(28)18-31-22-7-5-19(6-8-22)24(29)26(2)20-11-15-27(16-12-20)21-9-13-25-14-10-21/h5-10,13-14,20H,3-4,11-12,15-18H2,1-2H3. The van der Waals surface area contributed by atoms with Crippen LogP contribution >= 0.6 is 0 Å². The predicted molar refractivity (Wildman–Crippen MR) is 119 cm³/mol. The third-order valence-electron chi connectivity index (χ3n) is 5.58. The third kappa shape index (κ3) is 6.44. The van der Waals surface area contributed by atoms with Crippen LogP contribution in [0.4, 0.5) is 5.69 Å². The highest BCUT2D eigenvalue weighted by atomic mass is 16.6. The Hall–Kier alpha value is -3.09. The van der Waals surface area contributed by atoms with Crippen molar-refractivity contribution < 1.29 is 19.1 Å². The van der Waals surface area contributed by atoms with E-state index in [1.54, 1.807) is 36.7 Å². The van der Waals surface area contributed by atoms with Crippen LogP contribution in [0.25, 0.3) is 0 Å². The van der Waals surface area contributed by atoms with Gasteiger partial charge in [0.05, 0.1) is 6.61 Å². The number of ether oxygens (including phenoxy) is 2. The van der Waals surface area contributed by atoms with E-state index in [4.69, 9.17) is 9.47 Å². The number of unbranched alkanes of at least 4 members (excludes halogenated alkanes) is 1. The van der Waals surface area contributed by atoms with Crippen molar-refractivity contribution in [3.05, 3.63) is 54.4 Å². The van der Waals surface area contributed by atoms with Gasteiger partial charge in [-0.3, -0.25) is 9.78 Å². The first kappa shape index (κ1) is 22.6. The molecular weight excluding hydrogens is 394 g/mol. The summed E-state index contributed by atoms with van der Waals surface area (Å²) in [5.41, 5.74) is 1.78. The van der Waals surface area contributed by atoms with Crippen LogP contribution in [0.2, 0.25) is 0 Å². The monoisotopic (exact) mass is 425 g/mol. The van der Waals surface area contributed by atoms with E-state index in [1.807, 2.05) is 31.0 Å². The minimum atomic E-state index is -0.383. The van der Waals surface area contributed by atoms with E-state index in [-0.39, 0.29) is 24.5 Å². The Morgan fingerprint density at radius 1 is 1.10 bits per heavy atom. The molecule has 2 heterocycles. The minimum Gasteiger partial charge on any atom is -0.482 e. The number of anilines is 1. The minimum absolute atomic E-state index is 0.00659. The van der Waals surface area contributed by atoms with Gasteiger partial charge in [0, 0.05) is 49.8 Å². The SMILES string of the molecule is CCCCOC(=O)COc1ccc(C(=O)N(C)C2CCN(c3ccncc3)CC2)cc1. The lowest BCUT2D eigenvalue weighted by atomic mass is 10.0. The predicted octanol–water partition coefficient (Wildman–Crippen LogP) is 3.54. The van der Waals surface area contributed by atoms with Crippen LogP contribution in [-0.2, 0) is 9.53 Å². The molecular formula is C24H31N3O4. The van der Waals surface area contributed by atoms with Crippen LogP contribution in [0.15, 0.2) is 48.8 Å². The molecule has 2 aromatic rings. The van der Waals surface area contributed by atoms with E-state index >= 15 is 0 Å². The van der Waals surface area contributed by atoms with Crippen molar-refractivity contribution in [2.24, 2.45) is 0 Å². The van der Waals surface area contributed by atoms with Crippen LogP contribution < -0.4 is 9.64 Å². The Labute approximate surface area is 184 Å². The molecule has 31 heavy (non-hydrogen) atoms. The molecule has 1 aliphatic rings. The van der Waals surface area contributed by atoms with Crippen molar-refractivity contribution in [3.63, 3.8) is 0 Å². The Morgan fingerprint density at radius 3 is 2.42 bits per heavy atom. The maximum Gasteiger partial charge on any atom is 0.344 e. The summed E-state index contributed by atoms with van der Waals surface area (Å²) < 4.78 is 10.5. The molecule has 1 fully saturated rings. The molecule has 7 nitrogen and oxygen atoms in total. The average Bonchev–Trinajstić information content (AvgIpc) is 2.83. The van der Waals surface area contributed by atoms with Gasteiger partial charge >= 0.3 is 5.97 Å². The molecule has 0 saturated carbocycles. The first-order valence-electron chi connectivity index (χ1n) is 10.9. The van der Waals surface area contributed by atoms with E-state index in [0.717, 1.165) is 38.8 Å². The highest BCUT2D eigenvalue weighted by Crippen LogP contribution is 2.23. The number of piperidine rings is 1. The number of hydrogen-bond acceptors (Lipinski definition) is 6. The first-order chi connectivity index (χ1) is 15.1. The lowest BCUT2D eigenvalue weighted by Gasteiger charge is -2.37. The van der Waals surface area contributed by atoms with Crippen molar-refractivity contribution in [1.29, 1.82) is 0 Å². The normalized spacial score (nSPS) is 14.2. The lowest BCUT2D eigenvalue weighted by Crippen LogP contribution is -2.45. The van der Waals surface area contributed by atoms with Gasteiger partial charge in [0.25, 0.3) is 5.91 Å². The summed E-state index contributed by atoms with van der Waals surface area (Å²) in [6, 6.07) is 11.1. The van der Waals surface area contributed by atoms with Crippen LogP contribution in [0.3, 0.4) is 0 Å². The molecule has 7 heteroatoms. The molecule has 3 rings (SSSR count). The van der Waals surface area contributed by atoms with Crippen LogP contribution in [-0.4, -0.2) is 61.2 Å². The number of carbonyl (C=O) groups is 2. The molecule has 166 valence electrons. The van der Waals surface area contributed by atoms with Crippen molar-refractivity contribution >= 4 is 17.6 Å². The van der Waals surface area contributed by atoms with Gasteiger partial charge in [0.15, 0.2) is 6.61 Å². The second-order valence-corrected chi connectivity index (χ2v) is 7.73. The summed E-state index contributed by atoms with van der Waals surface area (Å²) in [7, 11) is 1.87. The maximum absolute atomic E-state index is 12.9. The van der Waals surface area contributed by atoms with Crippen LogP contribution in [0, 0.1) is 0 Å². The van der Waals surface area contributed by atoms with Crippen LogP contribution in [0.5, 0.6) is 5.75 Å². The Kier molecular flexibility index (Phi) is 8.27. The zero-order valence-corrected chi connectivity index (χ0v) is 18.3. The largest absolute Gasteiger partial charge is 0.482 e. The van der Waals surface area contributed by atoms with E-state index < -0.39 is 0 Å². The fourth-order valence-electron chi connectivity index (χ4n) is 3.64. The van der Waals surface area contributed by atoms with Crippen molar-refractivity contribution in [2.45, 2.75) is 38.6 Å². The number of amides is 1. The highest BCUT2D eigenvalue weighted by Gasteiger charge is 2.26. The summed E-state index contributed by atoms with van der Waals surface area (Å²) in [5, 5.41) is 0. The molecule has 0 N–H and O–H groups in total. The van der Waals surface area contributed by atoms with Gasteiger partial charge in [-0.1, -0.05) is 13.3 Å². The van der Waals surface area contributed by atoms with Gasteiger partial charge in [0.1, 0.15) is 5.75 Å². The zero-order valence-electron chi connectivity index (χ0n) is 18.3. The van der Waals surface area contributed by atoms with Crippen LogP contribution in [0.1, 0.15) is 43.0 Å². The van der Waals surface area contributed by atoms with Gasteiger partial charge in [0.2, 0.25) is 0 Å². The van der Waals surface area contributed by atoms with Gasteiger partial charge in [-0.05, 0) is 55.7 Å². The summed E-state index contributed by atoms with van der Waals surface area (Å²) in [4.78, 5) is 32.8. The van der Waals surface area contributed by atoms with Crippen molar-refractivity contribution in [2.75, 3.05) is 38.3 Å². The molecule has 0 aliphatic carbocycles. The third-order valence-corrected chi connectivity index (χ3v) is 5.58. The van der Waals surface area contributed by atoms with Crippen molar-refractivity contribution in [1.82, 2.24) is 9.88 Å². The van der Waals surface area contributed by atoms with Crippen molar-refractivity contribution in [3.8, 4) is 5.75 Å². The molecule has 0 spiro atoms. The number of benzene rings is 1. The van der Waals surface area contributed by atoms with E-state index in [0.29, 0.717) is 17.9 Å². The number of rotatable bonds is 9. The first-order valence-corrected chi connectivity index (χ1v) is 10.9. The molecule has 1 aromatic carbocycles. The number of esters is 1. The Balaban J connectivity index is 1.47. The highest BCUT2D eigenvalue weighted by molar-refractivity contribution is 5.94. The lowest BCUT2D eigenvalue weighted by molar-refractivity contribution is -0.146. The summed E-state index contributed by atoms with van der Waals surface area (Å²) >= 11 is 0. The average molecular weight is 426 g/mol. The number of carbonyl (C=O) groups excluding carboxylic acids is 2. The smallest absolute Gasteiger partial charge is 0.344 e. The summed E-state index contributed by atoms with van der Waals surface area (Å²) in [5.74, 6) is 0.150. The second kappa shape index (κ2) is 11.3. The molecule has 0 unspecified atom stereocenters. The quantitative estimate of drug-likeness (QED) is 0.452. The molecule has 1 aromatic heterocycles. The number of hydrogen-bond donors (Lipinski definition) is 0. The summed E-state index contributed by atoms with van der Waals surface area (Å²) in [6.07, 6.45) is 7.28. The molecule has 0 bridgehead atoms. The molecule has 1 aliphatic heterocycles. The molecule has 1 amide bonds. The van der Waals surface area contributed by atoms with Gasteiger partial charge in [-0.15, -0.1) is 0 Å². The van der Waals surface area contributed by atoms with E-state index in [9.17, 15) is 9.59 Å². The summed E-state index contributed by atoms with van der Waals surface area (Å²) in [6.45, 7) is 4.14.